The van der Waals surface area contributed by atoms with E-state index in [4.69, 9.17) is 0 Å². The molecule has 1 spiro atoms. The monoisotopic (exact) mass is 252 g/mol. The Hall–Kier alpha value is -0.0800. The van der Waals surface area contributed by atoms with E-state index in [0.717, 1.165) is 18.0 Å². The molecule has 1 saturated heterocycles. The molecule has 1 saturated carbocycles. The molecule has 18 heavy (non-hydrogen) atoms. The van der Waals surface area contributed by atoms with Crippen molar-refractivity contribution in [1.29, 1.82) is 0 Å². The largest absolute Gasteiger partial charge is 0.317 e. The summed E-state index contributed by atoms with van der Waals surface area (Å²) in [5.41, 5.74) is 0.760. The lowest BCUT2D eigenvalue weighted by Gasteiger charge is -2.46. The molecule has 1 aliphatic carbocycles. The molecule has 1 N–H and O–H groups in total. The van der Waals surface area contributed by atoms with Gasteiger partial charge in [-0.1, -0.05) is 26.2 Å². The van der Waals surface area contributed by atoms with Crippen LogP contribution >= 0.6 is 0 Å². The molecule has 2 nitrogen and oxygen atoms in total. The number of hydrogen-bond acceptors (Lipinski definition) is 2. The molecule has 1 atom stereocenters. The zero-order chi connectivity index (χ0) is 12.8. The molecule has 0 aromatic rings. The maximum Gasteiger partial charge on any atom is 0.00790 e. The normalized spacial score (nSPS) is 26.3. The second kappa shape index (κ2) is 6.91. The van der Waals surface area contributed by atoms with Gasteiger partial charge in [-0.15, -0.1) is 0 Å². The minimum absolute atomic E-state index is 0.760. The van der Waals surface area contributed by atoms with Crippen molar-refractivity contribution in [2.24, 2.45) is 5.41 Å². The predicted molar refractivity (Wildman–Crippen MR) is 78.9 cm³/mol. The highest BCUT2D eigenvalue weighted by atomic mass is 15.2. The van der Waals surface area contributed by atoms with Crippen LogP contribution in [0.25, 0.3) is 0 Å². The van der Waals surface area contributed by atoms with Gasteiger partial charge in [0.25, 0.3) is 0 Å². The van der Waals surface area contributed by atoms with Gasteiger partial charge in [-0.2, -0.15) is 0 Å². The van der Waals surface area contributed by atoms with Gasteiger partial charge in [-0.25, -0.2) is 0 Å². The predicted octanol–water partition coefficient (Wildman–Crippen LogP) is 3.42. The van der Waals surface area contributed by atoms with E-state index in [1.165, 1.54) is 71.0 Å². The number of nitrogens with one attached hydrogen (secondary N) is 1. The summed E-state index contributed by atoms with van der Waals surface area (Å²) in [4.78, 5) is 2.73. The van der Waals surface area contributed by atoms with Crippen LogP contribution in [0.15, 0.2) is 0 Å². The van der Waals surface area contributed by atoms with Crippen molar-refractivity contribution in [2.75, 3.05) is 26.2 Å². The van der Waals surface area contributed by atoms with Crippen LogP contribution in [0.5, 0.6) is 0 Å². The Morgan fingerprint density at radius 1 is 1.06 bits per heavy atom. The maximum atomic E-state index is 3.45. The molecule has 1 aliphatic heterocycles. The van der Waals surface area contributed by atoms with E-state index < -0.39 is 0 Å². The number of likely N-dealkylation sites (tertiary alicyclic amines) is 1. The zero-order valence-electron chi connectivity index (χ0n) is 12.5. The summed E-state index contributed by atoms with van der Waals surface area (Å²) < 4.78 is 0. The van der Waals surface area contributed by atoms with Gasteiger partial charge < -0.3 is 10.2 Å². The van der Waals surface area contributed by atoms with Gasteiger partial charge in [-0.05, 0) is 70.6 Å². The van der Waals surface area contributed by atoms with Crippen LogP contribution in [-0.2, 0) is 0 Å². The van der Waals surface area contributed by atoms with Crippen LogP contribution in [0.2, 0.25) is 0 Å². The Morgan fingerprint density at radius 3 is 2.33 bits per heavy atom. The molecule has 0 amide bonds. The van der Waals surface area contributed by atoms with Gasteiger partial charge in [0.05, 0.1) is 0 Å². The molecule has 2 fully saturated rings. The Morgan fingerprint density at radius 2 is 1.72 bits per heavy atom. The SMILES string of the molecule is CCNCCC(C)N1CCC2(CCCCC2)CC1. The summed E-state index contributed by atoms with van der Waals surface area (Å²) >= 11 is 0. The van der Waals surface area contributed by atoms with E-state index in [2.05, 4.69) is 24.1 Å². The van der Waals surface area contributed by atoms with Crippen molar-refractivity contribution >= 4 is 0 Å². The lowest BCUT2D eigenvalue weighted by atomic mass is 9.68. The summed E-state index contributed by atoms with van der Waals surface area (Å²) in [5.74, 6) is 0. The zero-order valence-corrected chi connectivity index (χ0v) is 12.5. The van der Waals surface area contributed by atoms with Crippen molar-refractivity contribution in [1.82, 2.24) is 10.2 Å². The fraction of sp³-hybridized carbons (Fsp3) is 1.00. The van der Waals surface area contributed by atoms with E-state index >= 15 is 0 Å². The van der Waals surface area contributed by atoms with E-state index in [9.17, 15) is 0 Å². The van der Waals surface area contributed by atoms with Crippen molar-refractivity contribution in [2.45, 2.75) is 71.3 Å². The topological polar surface area (TPSA) is 15.3 Å². The first-order valence-electron chi connectivity index (χ1n) is 8.20. The smallest absolute Gasteiger partial charge is 0.00790 e. The molecule has 2 aliphatic rings. The number of nitrogens with zero attached hydrogens (tertiary/aromatic N) is 1. The van der Waals surface area contributed by atoms with Crippen molar-refractivity contribution in [3.05, 3.63) is 0 Å². The van der Waals surface area contributed by atoms with Gasteiger partial charge in [0.1, 0.15) is 0 Å². The quantitative estimate of drug-likeness (QED) is 0.754. The number of rotatable bonds is 5. The molecular formula is C16H32N2. The first-order valence-corrected chi connectivity index (χ1v) is 8.20. The molecule has 0 aromatic heterocycles. The molecular weight excluding hydrogens is 220 g/mol. The Balaban J connectivity index is 1.72. The van der Waals surface area contributed by atoms with Gasteiger partial charge in [-0.3, -0.25) is 0 Å². The Bertz CT molecular complexity index is 223. The lowest BCUT2D eigenvalue weighted by molar-refractivity contribution is 0.0472. The maximum absolute atomic E-state index is 3.45. The van der Waals surface area contributed by atoms with Crippen LogP contribution < -0.4 is 5.32 Å². The molecule has 2 rings (SSSR count). The van der Waals surface area contributed by atoms with Gasteiger partial charge in [0.15, 0.2) is 0 Å². The molecule has 2 heteroatoms. The number of hydrogen-bond donors (Lipinski definition) is 1. The second-order valence-electron chi connectivity index (χ2n) is 6.59. The first-order chi connectivity index (χ1) is 8.76. The highest BCUT2D eigenvalue weighted by molar-refractivity contribution is 4.89. The van der Waals surface area contributed by atoms with Crippen molar-refractivity contribution in [3.63, 3.8) is 0 Å². The van der Waals surface area contributed by atoms with E-state index in [-0.39, 0.29) is 0 Å². The summed E-state index contributed by atoms with van der Waals surface area (Å²) in [6.45, 7) is 9.60. The summed E-state index contributed by atoms with van der Waals surface area (Å²) in [6.07, 6.45) is 11.8. The van der Waals surface area contributed by atoms with Crippen LogP contribution in [-0.4, -0.2) is 37.1 Å². The fourth-order valence-electron chi connectivity index (χ4n) is 3.91. The third-order valence-electron chi connectivity index (χ3n) is 5.39. The van der Waals surface area contributed by atoms with Gasteiger partial charge in [0, 0.05) is 6.04 Å². The molecule has 0 bridgehead atoms. The molecule has 1 heterocycles. The molecule has 106 valence electrons. The van der Waals surface area contributed by atoms with Crippen LogP contribution in [0, 0.1) is 5.41 Å². The minimum Gasteiger partial charge on any atom is -0.317 e. The van der Waals surface area contributed by atoms with Crippen molar-refractivity contribution < 1.29 is 0 Å². The minimum atomic E-state index is 0.760. The third kappa shape index (κ3) is 3.71. The van der Waals surface area contributed by atoms with E-state index in [0.29, 0.717) is 0 Å². The first kappa shape index (κ1) is 14.3. The van der Waals surface area contributed by atoms with Gasteiger partial charge in [0.2, 0.25) is 0 Å². The lowest BCUT2D eigenvalue weighted by Crippen LogP contribution is -2.45. The van der Waals surface area contributed by atoms with Gasteiger partial charge >= 0.3 is 0 Å². The van der Waals surface area contributed by atoms with E-state index in [1.54, 1.807) is 0 Å². The molecule has 1 unspecified atom stereocenters. The molecule has 0 aromatic carbocycles. The number of piperidine rings is 1. The summed E-state index contributed by atoms with van der Waals surface area (Å²) in [6, 6.07) is 0.769. The van der Waals surface area contributed by atoms with Crippen LogP contribution in [0.3, 0.4) is 0 Å². The highest BCUT2D eigenvalue weighted by Gasteiger charge is 2.36. The highest BCUT2D eigenvalue weighted by Crippen LogP contribution is 2.44. The summed E-state index contributed by atoms with van der Waals surface area (Å²) in [7, 11) is 0. The van der Waals surface area contributed by atoms with Crippen LogP contribution in [0.4, 0.5) is 0 Å². The third-order valence-corrected chi connectivity index (χ3v) is 5.39. The van der Waals surface area contributed by atoms with Crippen molar-refractivity contribution in [3.8, 4) is 0 Å². The Labute approximate surface area is 114 Å². The van der Waals surface area contributed by atoms with Crippen LogP contribution in [0.1, 0.15) is 65.2 Å². The van der Waals surface area contributed by atoms with E-state index in [1.807, 2.05) is 0 Å². The second-order valence-corrected chi connectivity index (χ2v) is 6.59. The fourth-order valence-corrected chi connectivity index (χ4v) is 3.91. The summed E-state index contributed by atoms with van der Waals surface area (Å²) in [5, 5.41) is 3.45. The standard InChI is InChI=1S/C16H32N2/c1-3-17-12-7-15(2)18-13-10-16(11-14-18)8-5-4-6-9-16/h15,17H,3-14H2,1-2H3. The average molecular weight is 252 g/mol. The average Bonchev–Trinajstić information content (AvgIpc) is 2.41. The molecule has 0 radical (unpaired) electrons. The Kier molecular flexibility index (Phi) is 5.50.